The molecule has 0 saturated carbocycles. The molecular formula is C26H40N3O2+3. The highest BCUT2D eigenvalue weighted by Gasteiger charge is 2.33. The lowest BCUT2D eigenvalue weighted by molar-refractivity contribution is -1.04. The first kappa shape index (κ1) is 22.1. The number of hydrogen-bond donors (Lipinski definition) is 3. The van der Waals surface area contributed by atoms with Gasteiger partial charge in [-0.1, -0.05) is 30.3 Å². The van der Waals surface area contributed by atoms with Gasteiger partial charge in [-0.15, -0.1) is 0 Å². The molecule has 0 spiro atoms. The number of nitrogens with one attached hydrogen (secondary N) is 3. The minimum absolute atomic E-state index is 0.667. The highest BCUT2D eigenvalue weighted by molar-refractivity contribution is 5.42. The summed E-state index contributed by atoms with van der Waals surface area (Å²) in [6.45, 7) is 12.8. The molecular weight excluding hydrogens is 386 g/mol. The maximum absolute atomic E-state index is 5.76. The summed E-state index contributed by atoms with van der Waals surface area (Å²) in [7, 11) is 1.71. The quantitative estimate of drug-likeness (QED) is 0.538. The van der Waals surface area contributed by atoms with Crippen LogP contribution >= 0.6 is 0 Å². The molecule has 3 N–H and O–H groups in total. The molecule has 0 aliphatic carbocycles. The molecule has 0 aromatic heterocycles. The van der Waals surface area contributed by atoms with Crippen molar-refractivity contribution in [2.24, 2.45) is 0 Å². The van der Waals surface area contributed by atoms with Crippen LogP contribution in [0, 0.1) is 0 Å². The van der Waals surface area contributed by atoms with Gasteiger partial charge >= 0.3 is 0 Å². The topological polar surface area (TPSA) is 31.8 Å². The first-order valence-corrected chi connectivity index (χ1v) is 12.1. The lowest BCUT2D eigenvalue weighted by Crippen LogP contribution is -3.30. The fraction of sp³-hybridized carbons (Fsp3) is 0.538. The maximum Gasteiger partial charge on any atom is 0.161 e. The molecule has 2 aromatic rings. The number of ether oxygens (including phenoxy) is 2. The van der Waals surface area contributed by atoms with Crippen LogP contribution in [0.3, 0.4) is 0 Å². The van der Waals surface area contributed by atoms with Gasteiger partial charge in [0.2, 0.25) is 0 Å². The predicted octanol–water partition coefficient (Wildman–Crippen LogP) is -0.375. The van der Waals surface area contributed by atoms with Crippen LogP contribution in [-0.4, -0.2) is 59.0 Å². The van der Waals surface area contributed by atoms with E-state index in [0.29, 0.717) is 6.61 Å². The Morgan fingerprint density at radius 2 is 1.45 bits per heavy atom. The van der Waals surface area contributed by atoms with E-state index in [2.05, 4.69) is 42.5 Å². The van der Waals surface area contributed by atoms with Gasteiger partial charge in [0.1, 0.15) is 39.3 Å². The molecule has 0 radical (unpaired) electrons. The van der Waals surface area contributed by atoms with Gasteiger partial charge in [0.05, 0.1) is 32.8 Å². The van der Waals surface area contributed by atoms with Crippen LogP contribution in [0.15, 0.2) is 48.5 Å². The van der Waals surface area contributed by atoms with Gasteiger partial charge in [-0.2, -0.15) is 0 Å². The minimum atomic E-state index is 0.667. The Bertz CT molecular complexity index is 798. The van der Waals surface area contributed by atoms with Crippen molar-refractivity contribution in [1.29, 1.82) is 0 Å². The third-order valence-electron chi connectivity index (χ3n) is 7.15. The minimum Gasteiger partial charge on any atom is -0.493 e. The second-order valence-electron chi connectivity index (χ2n) is 9.19. The lowest BCUT2D eigenvalue weighted by atomic mass is 10.0. The van der Waals surface area contributed by atoms with Crippen molar-refractivity contribution < 1.29 is 24.2 Å². The zero-order chi connectivity index (χ0) is 21.5. The molecule has 0 unspecified atom stereocenters. The Morgan fingerprint density at radius 3 is 2.13 bits per heavy atom. The van der Waals surface area contributed by atoms with Crippen LogP contribution in [0.1, 0.15) is 30.9 Å². The first-order chi connectivity index (χ1) is 15.2. The van der Waals surface area contributed by atoms with Crippen LogP contribution in [0.5, 0.6) is 11.5 Å². The van der Waals surface area contributed by atoms with Gasteiger partial charge in [-0.25, -0.2) is 0 Å². The van der Waals surface area contributed by atoms with Crippen LogP contribution < -0.4 is 24.2 Å². The first-order valence-electron chi connectivity index (χ1n) is 12.1. The van der Waals surface area contributed by atoms with Crippen molar-refractivity contribution in [2.45, 2.75) is 38.9 Å². The van der Waals surface area contributed by atoms with Gasteiger partial charge in [-0.05, 0) is 25.1 Å². The number of benzene rings is 2. The number of methoxy groups -OCH3 is 1. The van der Waals surface area contributed by atoms with E-state index >= 15 is 0 Å². The van der Waals surface area contributed by atoms with E-state index in [1.807, 2.05) is 17.9 Å². The predicted molar refractivity (Wildman–Crippen MR) is 123 cm³/mol. The number of piperazine rings is 1. The molecule has 2 aliphatic rings. The molecule has 168 valence electrons. The summed E-state index contributed by atoms with van der Waals surface area (Å²) >= 11 is 0. The Hall–Kier alpha value is -2.08. The van der Waals surface area contributed by atoms with Crippen LogP contribution in [0.2, 0.25) is 0 Å². The van der Waals surface area contributed by atoms with Crippen molar-refractivity contribution >= 4 is 0 Å². The van der Waals surface area contributed by atoms with Crippen molar-refractivity contribution in [3.63, 3.8) is 0 Å². The highest BCUT2D eigenvalue weighted by Crippen LogP contribution is 2.27. The second-order valence-corrected chi connectivity index (χ2v) is 9.19. The smallest absolute Gasteiger partial charge is 0.161 e. The summed E-state index contributed by atoms with van der Waals surface area (Å²) in [6.07, 6.45) is 2.76. The summed E-state index contributed by atoms with van der Waals surface area (Å²) in [5.74, 6) is 1.70. The standard InChI is InChI=1S/C26H37N3O2/c1-3-31-26-19-23(9-10-25(26)30-2)21-28-15-17-29(18-16-28)24-11-13-27(14-12-24)20-22-7-5-4-6-8-22/h4-10,19,24H,3,11-18,20-21H2,1-2H3/p+3. The Balaban J connectivity index is 1.22. The monoisotopic (exact) mass is 426 g/mol. The van der Waals surface area contributed by atoms with E-state index in [1.165, 1.54) is 69.8 Å². The molecule has 5 heteroatoms. The van der Waals surface area contributed by atoms with Crippen molar-refractivity contribution in [3.05, 3.63) is 59.7 Å². The van der Waals surface area contributed by atoms with E-state index in [1.54, 1.807) is 16.9 Å². The molecule has 2 heterocycles. The van der Waals surface area contributed by atoms with Gasteiger partial charge in [0.25, 0.3) is 0 Å². The summed E-state index contributed by atoms with van der Waals surface area (Å²) in [6, 6.07) is 18.3. The zero-order valence-electron chi connectivity index (χ0n) is 19.3. The zero-order valence-corrected chi connectivity index (χ0v) is 19.3. The molecule has 31 heavy (non-hydrogen) atoms. The number of likely N-dealkylation sites (tertiary alicyclic amines) is 1. The Labute approximate surface area is 187 Å². The van der Waals surface area contributed by atoms with Crippen molar-refractivity contribution in [1.82, 2.24) is 0 Å². The molecule has 5 nitrogen and oxygen atoms in total. The molecule has 0 bridgehead atoms. The third-order valence-corrected chi connectivity index (χ3v) is 7.15. The number of hydrogen-bond acceptors (Lipinski definition) is 2. The highest BCUT2D eigenvalue weighted by atomic mass is 16.5. The fourth-order valence-corrected chi connectivity index (χ4v) is 5.39. The molecule has 4 rings (SSSR count). The van der Waals surface area contributed by atoms with E-state index in [0.717, 1.165) is 24.1 Å². The van der Waals surface area contributed by atoms with Crippen LogP contribution in [-0.2, 0) is 13.1 Å². The lowest BCUT2D eigenvalue weighted by Gasteiger charge is -2.37. The average Bonchev–Trinajstić information content (AvgIpc) is 2.81. The Kier molecular flexibility index (Phi) is 7.84. The second kappa shape index (κ2) is 11.0. The molecule has 2 aliphatic heterocycles. The normalized spacial score (nSPS) is 26.4. The number of rotatable bonds is 8. The fourth-order valence-electron chi connectivity index (χ4n) is 5.39. The number of quaternary nitrogens is 3. The largest absolute Gasteiger partial charge is 0.493 e. The van der Waals surface area contributed by atoms with Gasteiger partial charge in [-0.3, -0.25) is 0 Å². The third kappa shape index (κ3) is 6.00. The Morgan fingerprint density at radius 1 is 0.774 bits per heavy atom. The number of piperidine rings is 1. The van der Waals surface area contributed by atoms with E-state index in [-0.39, 0.29) is 0 Å². The van der Waals surface area contributed by atoms with Gasteiger partial charge < -0.3 is 24.2 Å². The van der Waals surface area contributed by atoms with E-state index in [4.69, 9.17) is 9.47 Å². The summed E-state index contributed by atoms with van der Waals surface area (Å²) in [5, 5.41) is 0. The van der Waals surface area contributed by atoms with Gasteiger partial charge in [0, 0.05) is 24.0 Å². The van der Waals surface area contributed by atoms with Crippen molar-refractivity contribution in [3.8, 4) is 11.5 Å². The van der Waals surface area contributed by atoms with Gasteiger partial charge in [0.15, 0.2) is 11.5 Å². The summed E-state index contributed by atoms with van der Waals surface area (Å²) in [4.78, 5) is 5.31. The molecule has 0 atom stereocenters. The van der Waals surface area contributed by atoms with E-state index < -0.39 is 0 Å². The molecule has 2 fully saturated rings. The average molecular weight is 427 g/mol. The summed E-state index contributed by atoms with van der Waals surface area (Å²) < 4.78 is 11.2. The maximum atomic E-state index is 5.76. The van der Waals surface area contributed by atoms with Crippen LogP contribution in [0.25, 0.3) is 0 Å². The van der Waals surface area contributed by atoms with Crippen LogP contribution in [0.4, 0.5) is 0 Å². The molecule has 0 amide bonds. The van der Waals surface area contributed by atoms with Crippen molar-refractivity contribution in [2.75, 3.05) is 53.0 Å². The SMILES string of the molecule is CCOc1cc(C[NH+]2CC[NH+](C3CC[NH+](Cc4ccccc4)CC3)CC2)ccc1OC. The molecule has 2 aromatic carbocycles. The van der Waals surface area contributed by atoms with E-state index in [9.17, 15) is 0 Å². The molecule has 2 saturated heterocycles. The summed E-state index contributed by atoms with van der Waals surface area (Å²) in [5.41, 5.74) is 2.83.